The molecule has 0 bridgehead atoms. The van der Waals surface area contributed by atoms with Gasteiger partial charge in [0.1, 0.15) is 0 Å². The van der Waals surface area contributed by atoms with Crippen molar-refractivity contribution in [1.29, 1.82) is 0 Å². The number of rotatable bonds is 11. The normalized spacial score (nSPS) is 18.0. The molecule has 2 N–H and O–H groups in total. The predicted octanol–water partition coefficient (Wildman–Crippen LogP) is 3.18. The third kappa shape index (κ3) is 8.61. The molecular formula is C16H34N2O. The van der Waals surface area contributed by atoms with E-state index < -0.39 is 0 Å². The van der Waals surface area contributed by atoms with Crippen molar-refractivity contribution in [2.45, 2.75) is 70.8 Å². The summed E-state index contributed by atoms with van der Waals surface area (Å²) in [4.78, 5) is 2.61. The van der Waals surface area contributed by atoms with Crippen molar-refractivity contribution < 1.29 is 4.74 Å². The standard InChI is InChI=1S/C16H34N2O/c1-2-3-4-5-6-7-8-12-18-13-9-16(10-14-18)19-15-11-17/h16H,2-15,17H2,1H3. The zero-order chi connectivity index (χ0) is 13.8. The third-order valence-electron chi connectivity index (χ3n) is 4.08. The van der Waals surface area contributed by atoms with Crippen LogP contribution in [0.15, 0.2) is 0 Å². The average Bonchev–Trinajstić information content (AvgIpc) is 2.45. The molecular weight excluding hydrogens is 236 g/mol. The van der Waals surface area contributed by atoms with Crippen LogP contribution in [-0.4, -0.2) is 43.8 Å². The predicted molar refractivity (Wildman–Crippen MR) is 82.5 cm³/mol. The van der Waals surface area contributed by atoms with Gasteiger partial charge in [-0.05, 0) is 25.8 Å². The van der Waals surface area contributed by atoms with Crippen molar-refractivity contribution in [3.05, 3.63) is 0 Å². The zero-order valence-corrected chi connectivity index (χ0v) is 12.9. The fourth-order valence-corrected chi connectivity index (χ4v) is 2.83. The molecule has 114 valence electrons. The van der Waals surface area contributed by atoms with Crippen molar-refractivity contribution in [2.24, 2.45) is 5.73 Å². The number of hydrogen-bond donors (Lipinski definition) is 1. The molecule has 1 fully saturated rings. The minimum Gasteiger partial charge on any atom is -0.377 e. The Labute approximate surface area is 119 Å². The van der Waals surface area contributed by atoms with Crippen LogP contribution >= 0.6 is 0 Å². The molecule has 1 saturated heterocycles. The number of nitrogens with zero attached hydrogens (tertiary/aromatic N) is 1. The molecule has 3 nitrogen and oxygen atoms in total. The highest BCUT2D eigenvalue weighted by atomic mass is 16.5. The van der Waals surface area contributed by atoms with Crippen molar-refractivity contribution in [1.82, 2.24) is 4.90 Å². The molecule has 0 aromatic heterocycles. The number of unbranched alkanes of at least 4 members (excludes halogenated alkanes) is 6. The van der Waals surface area contributed by atoms with Crippen LogP contribution < -0.4 is 5.73 Å². The molecule has 0 atom stereocenters. The van der Waals surface area contributed by atoms with Gasteiger partial charge in [0, 0.05) is 19.6 Å². The molecule has 1 heterocycles. The Kier molecular flexibility index (Phi) is 10.4. The van der Waals surface area contributed by atoms with Crippen LogP contribution in [0.1, 0.15) is 64.7 Å². The van der Waals surface area contributed by atoms with E-state index in [1.807, 2.05) is 0 Å². The van der Waals surface area contributed by atoms with E-state index in [2.05, 4.69) is 11.8 Å². The van der Waals surface area contributed by atoms with Gasteiger partial charge in [-0.1, -0.05) is 45.4 Å². The number of nitrogens with two attached hydrogens (primary N) is 1. The van der Waals surface area contributed by atoms with Crippen molar-refractivity contribution in [3.63, 3.8) is 0 Å². The van der Waals surface area contributed by atoms with Crippen LogP contribution in [0.4, 0.5) is 0 Å². The number of ether oxygens (including phenoxy) is 1. The number of piperidine rings is 1. The molecule has 3 heteroatoms. The first-order chi connectivity index (χ1) is 9.36. The van der Waals surface area contributed by atoms with Gasteiger partial charge in [-0.25, -0.2) is 0 Å². The molecule has 0 unspecified atom stereocenters. The Hall–Kier alpha value is -0.120. The molecule has 0 aromatic rings. The monoisotopic (exact) mass is 270 g/mol. The molecule has 0 saturated carbocycles. The highest BCUT2D eigenvalue weighted by molar-refractivity contribution is 4.72. The van der Waals surface area contributed by atoms with Crippen LogP contribution in [-0.2, 0) is 4.74 Å². The van der Waals surface area contributed by atoms with Gasteiger partial charge in [-0.3, -0.25) is 0 Å². The lowest BCUT2D eigenvalue weighted by Crippen LogP contribution is -2.38. The molecule has 1 aliphatic rings. The van der Waals surface area contributed by atoms with E-state index in [1.54, 1.807) is 0 Å². The Morgan fingerprint density at radius 2 is 1.63 bits per heavy atom. The summed E-state index contributed by atoms with van der Waals surface area (Å²) in [6, 6.07) is 0. The largest absolute Gasteiger partial charge is 0.377 e. The molecule has 0 aromatic carbocycles. The first-order valence-electron chi connectivity index (χ1n) is 8.40. The second kappa shape index (κ2) is 11.7. The first-order valence-corrected chi connectivity index (χ1v) is 8.40. The van der Waals surface area contributed by atoms with E-state index in [0.717, 1.165) is 6.61 Å². The summed E-state index contributed by atoms with van der Waals surface area (Å²) in [6.45, 7) is 7.37. The van der Waals surface area contributed by atoms with Gasteiger partial charge < -0.3 is 15.4 Å². The molecule has 0 radical (unpaired) electrons. The smallest absolute Gasteiger partial charge is 0.0600 e. The lowest BCUT2D eigenvalue weighted by atomic mass is 10.1. The summed E-state index contributed by atoms with van der Waals surface area (Å²) in [7, 11) is 0. The molecule has 0 spiro atoms. The van der Waals surface area contributed by atoms with E-state index in [-0.39, 0.29) is 0 Å². The molecule has 1 rings (SSSR count). The van der Waals surface area contributed by atoms with Crippen molar-refractivity contribution in [2.75, 3.05) is 32.8 Å². The van der Waals surface area contributed by atoms with E-state index in [9.17, 15) is 0 Å². The first kappa shape index (κ1) is 16.9. The highest BCUT2D eigenvalue weighted by Gasteiger charge is 2.18. The minimum atomic E-state index is 0.467. The fraction of sp³-hybridized carbons (Fsp3) is 1.00. The van der Waals surface area contributed by atoms with Gasteiger partial charge in [0.25, 0.3) is 0 Å². The quantitative estimate of drug-likeness (QED) is 0.586. The van der Waals surface area contributed by atoms with Crippen LogP contribution in [0.3, 0.4) is 0 Å². The second-order valence-electron chi connectivity index (χ2n) is 5.82. The van der Waals surface area contributed by atoms with E-state index in [0.29, 0.717) is 12.6 Å². The Balaban J connectivity index is 1.89. The molecule has 1 aliphatic heterocycles. The van der Waals surface area contributed by atoms with Gasteiger partial charge >= 0.3 is 0 Å². The summed E-state index contributed by atoms with van der Waals surface area (Å²) in [5.74, 6) is 0. The molecule has 0 amide bonds. The summed E-state index contributed by atoms with van der Waals surface area (Å²) in [5, 5.41) is 0. The lowest BCUT2D eigenvalue weighted by Gasteiger charge is -2.31. The summed E-state index contributed by atoms with van der Waals surface area (Å²) < 4.78 is 5.71. The van der Waals surface area contributed by atoms with E-state index in [1.165, 1.54) is 77.4 Å². The van der Waals surface area contributed by atoms with Gasteiger partial charge in [-0.15, -0.1) is 0 Å². The van der Waals surface area contributed by atoms with Crippen molar-refractivity contribution >= 4 is 0 Å². The topological polar surface area (TPSA) is 38.5 Å². The van der Waals surface area contributed by atoms with Crippen LogP contribution in [0, 0.1) is 0 Å². The lowest BCUT2D eigenvalue weighted by molar-refractivity contribution is 0.0112. The van der Waals surface area contributed by atoms with E-state index >= 15 is 0 Å². The Morgan fingerprint density at radius 3 is 2.26 bits per heavy atom. The van der Waals surface area contributed by atoms with Gasteiger partial charge in [0.05, 0.1) is 12.7 Å². The van der Waals surface area contributed by atoms with E-state index in [4.69, 9.17) is 10.5 Å². The van der Waals surface area contributed by atoms with Gasteiger partial charge in [0.2, 0.25) is 0 Å². The minimum absolute atomic E-state index is 0.467. The second-order valence-corrected chi connectivity index (χ2v) is 5.82. The van der Waals surface area contributed by atoms with Gasteiger partial charge in [-0.2, -0.15) is 0 Å². The Bertz CT molecular complexity index is 191. The third-order valence-corrected chi connectivity index (χ3v) is 4.08. The number of likely N-dealkylation sites (tertiary alicyclic amines) is 1. The zero-order valence-electron chi connectivity index (χ0n) is 12.9. The maximum atomic E-state index is 5.71. The maximum Gasteiger partial charge on any atom is 0.0600 e. The molecule has 0 aliphatic carbocycles. The van der Waals surface area contributed by atoms with Crippen LogP contribution in [0.2, 0.25) is 0 Å². The molecule has 19 heavy (non-hydrogen) atoms. The average molecular weight is 270 g/mol. The maximum absolute atomic E-state index is 5.71. The Morgan fingerprint density at radius 1 is 1.00 bits per heavy atom. The SMILES string of the molecule is CCCCCCCCCN1CCC(OCCN)CC1. The number of hydrogen-bond acceptors (Lipinski definition) is 3. The summed E-state index contributed by atoms with van der Waals surface area (Å²) >= 11 is 0. The van der Waals surface area contributed by atoms with Crippen LogP contribution in [0.25, 0.3) is 0 Å². The summed E-state index contributed by atoms with van der Waals surface area (Å²) in [6.07, 6.45) is 12.7. The van der Waals surface area contributed by atoms with Crippen LogP contribution in [0.5, 0.6) is 0 Å². The summed E-state index contributed by atoms with van der Waals surface area (Å²) in [5.41, 5.74) is 5.46. The van der Waals surface area contributed by atoms with Gasteiger partial charge in [0.15, 0.2) is 0 Å². The van der Waals surface area contributed by atoms with Crippen molar-refractivity contribution in [3.8, 4) is 0 Å². The fourth-order valence-electron chi connectivity index (χ4n) is 2.83. The highest BCUT2D eigenvalue weighted by Crippen LogP contribution is 2.15.